The number of hydrogen-bond donors (Lipinski definition) is 1. The summed E-state index contributed by atoms with van der Waals surface area (Å²) in [5.74, 6) is -1.09. The number of carbonyl (C=O) groups is 1. The molecule has 0 aliphatic carbocycles. The Bertz CT molecular complexity index is 657. The van der Waals surface area contributed by atoms with E-state index < -0.39 is 5.97 Å². The Kier molecular flexibility index (Phi) is 4.29. The minimum atomic E-state index is -1.07. The van der Waals surface area contributed by atoms with E-state index in [2.05, 4.69) is 42.2 Å². The second kappa shape index (κ2) is 5.65. The van der Waals surface area contributed by atoms with Crippen LogP contribution < -0.4 is 0 Å². The van der Waals surface area contributed by atoms with Gasteiger partial charge in [0.05, 0.1) is 11.4 Å². The highest BCUT2D eigenvalue weighted by atomic mass is 79.9. The molecule has 1 aromatic carbocycles. The average molecular weight is 403 g/mol. The lowest BCUT2D eigenvalue weighted by molar-refractivity contribution is 0.0688. The second-order valence-corrected chi connectivity index (χ2v) is 6.48. The molecule has 2 aromatic rings. The van der Waals surface area contributed by atoms with Gasteiger partial charge in [0.25, 0.3) is 0 Å². The van der Waals surface area contributed by atoms with Crippen molar-refractivity contribution in [2.75, 3.05) is 0 Å². The van der Waals surface area contributed by atoms with E-state index >= 15 is 0 Å². The molecule has 0 amide bonds. The van der Waals surface area contributed by atoms with Crippen LogP contribution in [0.2, 0.25) is 0 Å². The Balaban J connectivity index is 2.74. The van der Waals surface area contributed by atoms with Gasteiger partial charge in [0.2, 0.25) is 0 Å². The first-order valence-corrected chi connectivity index (χ1v) is 7.56. The van der Waals surface area contributed by atoms with E-state index in [4.69, 9.17) is 0 Å². The number of halogens is 2. The van der Waals surface area contributed by atoms with Gasteiger partial charge in [-0.05, 0) is 62.4 Å². The van der Waals surface area contributed by atoms with Crippen LogP contribution in [-0.2, 0) is 0 Å². The summed E-state index contributed by atoms with van der Waals surface area (Å²) in [7, 11) is 0. The van der Waals surface area contributed by atoms with Gasteiger partial charge in [0.15, 0.2) is 5.69 Å². The Morgan fingerprint density at radius 1 is 1.30 bits per heavy atom. The molecule has 1 aromatic heterocycles. The van der Waals surface area contributed by atoms with E-state index in [-0.39, 0.29) is 11.6 Å². The Labute approximate surface area is 133 Å². The molecule has 20 heavy (non-hydrogen) atoms. The summed E-state index contributed by atoms with van der Waals surface area (Å²) in [6.07, 6.45) is 0. The molecule has 5 nitrogen and oxygen atoms in total. The van der Waals surface area contributed by atoms with Crippen molar-refractivity contribution in [1.29, 1.82) is 0 Å². The summed E-state index contributed by atoms with van der Waals surface area (Å²) in [5.41, 5.74) is 2.39. The normalized spacial score (nSPS) is 11.1. The lowest BCUT2D eigenvalue weighted by Gasteiger charge is -2.13. The number of aryl methyl sites for hydroxylation is 1. The third-order valence-electron chi connectivity index (χ3n) is 2.83. The Morgan fingerprint density at radius 3 is 2.30 bits per heavy atom. The van der Waals surface area contributed by atoms with Crippen molar-refractivity contribution in [3.05, 3.63) is 38.0 Å². The number of aromatic nitrogens is 3. The third kappa shape index (κ3) is 2.64. The highest BCUT2D eigenvalue weighted by Crippen LogP contribution is 2.33. The van der Waals surface area contributed by atoms with Gasteiger partial charge in [0.1, 0.15) is 0 Å². The molecule has 0 unspecified atom stereocenters. The fraction of sp³-hybridized carbons (Fsp3) is 0.308. The number of nitrogens with zero attached hydrogens (tertiary/aromatic N) is 3. The summed E-state index contributed by atoms with van der Waals surface area (Å²) in [6.45, 7) is 5.81. The SMILES string of the molecule is Cc1cc(Br)c(-n2nnc(C(=O)O)c2C(C)C)c(Br)c1. The Hall–Kier alpha value is -1.21. The molecule has 1 N–H and O–H groups in total. The van der Waals surface area contributed by atoms with Gasteiger partial charge in [-0.25, -0.2) is 9.48 Å². The van der Waals surface area contributed by atoms with Crippen LogP contribution in [0.25, 0.3) is 5.69 Å². The van der Waals surface area contributed by atoms with Crippen molar-refractivity contribution in [2.45, 2.75) is 26.7 Å². The van der Waals surface area contributed by atoms with Crippen LogP contribution in [0, 0.1) is 6.92 Å². The standard InChI is InChI=1S/C13H13Br2N3O2/c1-6(2)11-10(13(19)20)16-17-18(11)12-8(14)4-7(3)5-9(12)15/h4-6H,1-3H3,(H,19,20). The zero-order chi connectivity index (χ0) is 15.0. The predicted molar refractivity (Wildman–Crippen MR) is 82.5 cm³/mol. The minimum Gasteiger partial charge on any atom is -0.476 e. The molecule has 7 heteroatoms. The van der Waals surface area contributed by atoms with Gasteiger partial charge in [-0.2, -0.15) is 0 Å². The zero-order valence-electron chi connectivity index (χ0n) is 11.2. The number of carboxylic acids is 1. The van der Waals surface area contributed by atoms with E-state index in [1.807, 2.05) is 32.9 Å². The van der Waals surface area contributed by atoms with Crippen molar-refractivity contribution in [2.24, 2.45) is 0 Å². The summed E-state index contributed by atoms with van der Waals surface area (Å²) < 4.78 is 3.23. The molecular weight excluding hydrogens is 390 g/mol. The fourth-order valence-electron chi connectivity index (χ4n) is 2.02. The summed E-state index contributed by atoms with van der Waals surface area (Å²) in [5, 5.41) is 17.0. The van der Waals surface area contributed by atoms with Crippen LogP contribution in [-0.4, -0.2) is 26.1 Å². The fourth-order valence-corrected chi connectivity index (χ4v) is 3.77. The molecule has 2 rings (SSSR count). The molecule has 0 radical (unpaired) electrons. The number of carboxylic acid groups (broad SMARTS) is 1. The van der Waals surface area contributed by atoms with Crippen LogP contribution in [0.5, 0.6) is 0 Å². The molecule has 0 aliphatic rings. The molecule has 0 atom stereocenters. The molecular formula is C13H13Br2N3O2. The largest absolute Gasteiger partial charge is 0.476 e. The maximum atomic E-state index is 11.3. The van der Waals surface area contributed by atoms with Gasteiger partial charge in [-0.1, -0.05) is 19.1 Å². The Morgan fingerprint density at radius 2 is 1.85 bits per heavy atom. The van der Waals surface area contributed by atoms with E-state index in [1.165, 1.54) is 0 Å². The molecule has 0 aliphatic heterocycles. The predicted octanol–water partition coefficient (Wildman–Crippen LogP) is 3.92. The lowest BCUT2D eigenvalue weighted by Crippen LogP contribution is -2.09. The molecule has 0 bridgehead atoms. The molecule has 0 saturated heterocycles. The lowest BCUT2D eigenvalue weighted by atomic mass is 10.1. The second-order valence-electron chi connectivity index (χ2n) is 4.77. The minimum absolute atomic E-state index is 0.0145. The van der Waals surface area contributed by atoms with Crippen molar-refractivity contribution < 1.29 is 9.90 Å². The molecule has 0 saturated carbocycles. The highest BCUT2D eigenvalue weighted by Gasteiger charge is 2.24. The molecule has 0 fully saturated rings. The number of benzene rings is 1. The van der Waals surface area contributed by atoms with E-state index in [0.29, 0.717) is 5.69 Å². The zero-order valence-corrected chi connectivity index (χ0v) is 14.4. The van der Waals surface area contributed by atoms with Gasteiger partial charge < -0.3 is 5.11 Å². The smallest absolute Gasteiger partial charge is 0.358 e. The molecule has 1 heterocycles. The molecule has 106 valence electrons. The van der Waals surface area contributed by atoms with Crippen molar-refractivity contribution in [1.82, 2.24) is 15.0 Å². The van der Waals surface area contributed by atoms with E-state index in [9.17, 15) is 9.90 Å². The van der Waals surface area contributed by atoms with Crippen LogP contribution in [0.1, 0.15) is 41.5 Å². The van der Waals surface area contributed by atoms with E-state index in [0.717, 1.165) is 20.2 Å². The topological polar surface area (TPSA) is 68.0 Å². The summed E-state index contributed by atoms with van der Waals surface area (Å²) in [6, 6.07) is 3.90. The monoisotopic (exact) mass is 401 g/mol. The van der Waals surface area contributed by atoms with Crippen LogP contribution in [0.4, 0.5) is 0 Å². The van der Waals surface area contributed by atoms with Crippen molar-refractivity contribution in [3.63, 3.8) is 0 Å². The first-order chi connectivity index (χ1) is 9.32. The van der Waals surface area contributed by atoms with E-state index in [1.54, 1.807) is 4.68 Å². The highest BCUT2D eigenvalue weighted by molar-refractivity contribution is 9.11. The third-order valence-corrected chi connectivity index (χ3v) is 4.04. The first-order valence-electron chi connectivity index (χ1n) is 5.97. The van der Waals surface area contributed by atoms with Gasteiger partial charge >= 0.3 is 5.97 Å². The number of aromatic carboxylic acids is 1. The van der Waals surface area contributed by atoms with Crippen LogP contribution in [0.3, 0.4) is 0 Å². The van der Waals surface area contributed by atoms with Crippen molar-refractivity contribution >= 4 is 37.8 Å². The summed E-state index contributed by atoms with van der Waals surface area (Å²) >= 11 is 7.00. The van der Waals surface area contributed by atoms with Gasteiger partial charge in [0, 0.05) is 8.95 Å². The number of hydrogen-bond acceptors (Lipinski definition) is 3. The quantitative estimate of drug-likeness (QED) is 0.844. The maximum absolute atomic E-state index is 11.3. The average Bonchev–Trinajstić information content (AvgIpc) is 2.72. The van der Waals surface area contributed by atoms with Crippen molar-refractivity contribution in [3.8, 4) is 5.69 Å². The van der Waals surface area contributed by atoms with Gasteiger partial charge in [-0.3, -0.25) is 0 Å². The summed E-state index contributed by atoms with van der Waals surface area (Å²) in [4.78, 5) is 11.3. The maximum Gasteiger partial charge on any atom is 0.358 e. The first kappa shape index (κ1) is 15.2. The molecule has 0 spiro atoms. The van der Waals surface area contributed by atoms with Crippen LogP contribution >= 0.6 is 31.9 Å². The van der Waals surface area contributed by atoms with Gasteiger partial charge in [-0.15, -0.1) is 5.10 Å². The van der Waals surface area contributed by atoms with Crippen LogP contribution in [0.15, 0.2) is 21.1 Å². The number of rotatable bonds is 3.